The van der Waals surface area contributed by atoms with E-state index in [9.17, 15) is 8.78 Å². The third kappa shape index (κ3) is 3.91. The van der Waals surface area contributed by atoms with Crippen LogP contribution in [0.25, 0.3) is 5.57 Å². The topological polar surface area (TPSA) is 0 Å². The van der Waals surface area contributed by atoms with Gasteiger partial charge in [0.1, 0.15) is 0 Å². The van der Waals surface area contributed by atoms with Gasteiger partial charge in [-0.1, -0.05) is 36.4 Å². The van der Waals surface area contributed by atoms with E-state index in [1.54, 1.807) is 12.1 Å². The van der Waals surface area contributed by atoms with Crippen LogP contribution < -0.4 is 0 Å². The summed E-state index contributed by atoms with van der Waals surface area (Å²) in [4.78, 5) is 0. The van der Waals surface area contributed by atoms with Crippen molar-refractivity contribution >= 4 is 5.57 Å². The molecule has 0 aliphatic heterocycles. The van der Waals surface area contributed by atoms with E-state index in [0.29, 0.717) is 0 Å². The van der Waals surface area contributed by atoms with Gasteiger partial charge in [-0.05, 0) is 73.8 Å². The van der Waals surface area contributed by atoms with Gasteiger partial charge in [0.15, 0.2) is 0 Å². The summed E-state index contributed by atoms with van der Waals surface area (Å²) in [6.45, 7) is 3.93. The van der Waals surface area contributed by atoms with Crippen LogP contribution in [0.2, 0.25) is 0 Å². The molecular formula is C21H26F2. The number of hydrogen-bond acceptors (Lipinski definition) is 0. The third-order valence-electron chi connectivity index (χ3n) is 5.80. The summed E-state index contributed by atoms with van der Waals surface area (Å²) >= 11 is 0. The second kappa shape index (κ2) is 7.42. The minimum absolute atomic E-state index is 0.113. The van der Waals surface area contributed by atoms with E-state index >= 15 is 0 Å². The predicted octanol–water partition coefficient (Wildman–Crippen LogP) is 6.80. The Hall–Kier alpha value is -1.44. The fraction of sp³-hybridized carbons (Fsp3) is 0.524. The first-order valence-corrected chi connectivity index (χ1v) is 8.87. The molecule has 124 valence electrons. The van der Waals surface area contributed by atoms with Crippen LogP contribution in [0.5, 0.6) is 0 Å². The largest absolute Gasteiger partial charge is 0.263 e. The van der Waals surface area contributed by atoms with Crippen molar-refractivity contribution in [1.29, 1.82) is 0 Å². The molecule has 0 bridgehead atoms. The SMILES string of the molecule is C=CC1CCC(C2CC=C(c3ccc(C(F)F)cc3)CC2)CC1. The van der Waals surface area contributed by atoms with Crippen LogP contribution in [0.4, 0.5) is 8.78 Å². The molecule has 0 amide bonds. The molecule has 1 unspecified atom stereocenters. The third-order valence-corrected chi connectivity index (χ3v) is 5.80. The maximum Gasteiger partial charge on any atom is 0.263 e. The van der Waals surface area contributed by atoms with Crippen molar-refractivity contribution in [2.75, 3.05) is 0 Å². The molecule has 1 saturated carbocycles. The number of hydrogen-bond donors (Lipinski definition) is 0. The number of benzene rings is 1. The Balaban J connectivity index is 1.59. The van der Waals surface area contributed by atoms with Gasteiger partial charge in [-0.25, -0.2) is 8.78 Å². The summed E-state index contributed by atoms with van der Waals surface area (Å²) in [7, 11) is 0. The number of halogens is 2. The number of allylic oxidation sites excluding steroid dienone is 3. The average molecular weight is 316 g/mol. The maximum atomic E-state index is 12.6. The molecule has 0 N–H and O–H groups in total. The molecule has 0 heterocycles. The number of alkyl halides is 2. The smallest absolute Gasteiger partial charge is 0.205 e. The first-order chi connectivity index (χ1) is 11.2. The lowest BCUT2D eigenvalue weighted by atomic mass is 9.71. The zero-order valence-electron chi connectivity index (χ0n) is 13.7. The van der Waals surface area contributed by atoms with Crippen LogP contribution in [-0.2, 0) is 0 Å². The molecule has 1 aromatic carbocycles. The maximum absolute atomic E-state index is 12.6. The average Bonchev–Trinajstić information content (AvgIpc) is 2.62. The van der Waals surface area contributed by atoms with Gasteiger partial charge in [-0.2, -0.15) is 0 Å². The van der Waals surface area contributed by atoms with Crippen LogP contribution >= 0.6 is 0 Å². The predicted molar refractivity (Wildman–Crippen MR) is 92.4 cm³/mol. The minimum Gasteiger partial charge on any atom is -0.205 e. The lowest BCUT2D eigenvalue weighted by Crippen LogP contribution is -2.22. The first kappa shape index (κ1) is 16.4. The Morgan fingerprint density at radius 3 is 2.17 bits per heavy atom. The van der Waals surface area contributed by atoms with E-state index in [1.165, 1.54) is 37.7 Å². The van der Waals surface area contributed by atoms with Crippen molar-refractivity contribution < 1.29 is 8.78 Å². The van der Waals surface area contributed by atoms with Crippen molar-refractivity contribution in [3.8, 4) is 0 Å². The molecule has 0 spiro atoms. The zero-order chi connectivity index (χ0) is 16.2. The summed E-state index contributed by atoms with van der Waals surface area (Å²) in [5, 5.41) is 0. The Morgan fingerprint density at radius 1 is 0.957 bits per heavy atom. The van der Waals surface area contributed by atoms with Crippen LogP contribution in [0, 0.1) is 17.8 Å². The van der Waals surface area contributed by atoms with Crippen LogP contribution in [0.3, 0.4) is 0 Å². The highest BCUT2D eigenvalue weighted by atomic mass is 19.3. The van der Waals surface area contributed by atoms with E-state index in [0.717, 1.165) is 36.2 Å². The minimum atomic E-state index is -2.38. The van der Waals surface area contributed by atoms with Crippen molar-refractivity contribution in [2.45, 2.75) is 51.4 Å². The Morgan fingerprint density at radius 2 is 1.65 bits per heavy atom. The highest BCUT2D eigenvalue weighted by molar-refractivity contribution is 5.66. The molecule has 1 aromatic rings. The Bertz CT molecular complexity index is 548. The molecule has 3 rings (SSSR count). The van der Waals surface area contributed by atoms with Crippen LogP contribution in [0.15, 0.2) is 43.0 Å². The van der Waals surface area contributed by atoms with Gasteiger partial charge < -0.3 is 0 Å². The molecular weight excluding hydrogens is 290 g/mol. The second-order valence-corrected chi connectivity index (χ2v) is 7.10. The first-order valence-electron chi connectivity index (χ1n) is 8.87. The standard InChI is InChI=1S/C21H26F2/c1-2-15-3-5-16(6-4-15)17-7-9-18(10-8-17)19-11-13-20(14-12-19)21(22)23/h2,9,11-17,21H,1,3-8,10H2. The van der Waals surface area contributed by atoms with Gasteiger partial charge in [0.2, 0.25) is 0 Å². The molecule has 23 heavy (non-hydrogen) atoms. The summed E-state index contributed by atoms with van der Waals surface area (Å²) in [6, 6.07) is 6.82. The Labute approximate surface area is 138 Å². The Kier molecular flexibility index (Phi) is 5.30. The molecule has 2 aliphatic rings. The fourth-order valence-corrected chi connectivity index (χ4v) is 4.24. The van der Waals surface area contributed by atoms with Gasteiger partial charge in [-0.15, -0.1) is 6.58 Å². The van der Waals surface area contributed by atoms with Gasteiger partial charge in [0, 0.05) is 5.56 Å². The molecule has 2 aliphatic carbocycles. The second-order valence-electron chi connectivity index (χ2n) is 7.10. The molecule has 1 fully saturated rings. The highest BCUT2D eigenvalue weighted by Gasteiger charge is 2.27. The highest BCUT2D eigenvalue weighted by Crippen LogP contribution is 2.41. The van der Waals surface area contributed by atoms with E-state index in [2.05, 4.69) is 18.7 Å². The van der Waals surface area contributed by atoms with Crippen molar-refractivity contribution in [3.05, 3.63) is 54.1 Å². The molecule has 0 aromatic heterocycles. The van der Waals surface area contributed by atoms with E-state index in [-0.39, 0.29) is 5.56 Å². The van der Waals surface area contributed by atoms with E-state index in [1.807, 2.05) is 12.1 Å². The quantitative estimate of drug-likeness (QED) is 0.536. The molecule has 2 heteroatoms. The fourth-order valence-electron chi connectivity index (χ4n) is 4.24. The van der Waals surface area contributed by atoms with E-state index < -0.39 is 6.43 Å². The van der Waals surface area contributed by atoms with Gasteiger partial charge in [0.05, 0.1) is 0 Å². The van der Waals surface area contributed by atoms with Crippen molar-refractivity contribution in [1.82, 2.24) is 0 Å². The molecule has 0 saturated heterocycles. The summed E-state index contributed by atoms with van der Waals surface area (Å²) in [6.07, 6.45) is 10.9. The number of rotatable bonds is 4. The molecule has 0 nitrogen and oxygen atoms in total. The van der Waals surface area contributed by atoms with Gasteiger partial charge >= 0.3 is 0 Å². The zero-order valence-corrected chi connectivity index (χ0v) is 13.7. The summed E-state index contributed by atoms with van der Waals surface area (Å²) in [5.41, 5.74) is 2.56. The summed E-state index contributed by atoms with van der Waals surface area (Å²) < 4.78 is 25.3. The normalized spacial score (nSPS) is 28.5. The van der Waals surface area contributed by atoms with Gasteiger partial charge in [-0.3, -0.25) is 0 Å². The molecule has 1 atom stereocenters. The van der Waals surface area contributed by atoms with Gasteiger partial charge in [0.25, 0.3) is 6.43 Å². The van der Waals surface area contributed by atoms with Crippen LogP contribution in [-0.4, -0.2) is 0 Å². The lowest BCUT2D eigenvalue weighted by Gasteiger charge is -2.34. The van der Waals surface area contributed by atoms with Crippen molar-refractivity contribution in [2.24, 2.45) is 17.8 Å². The monoisotopic (exact) mass is 316 g/mol. The summed E-state index contributed by atoms with van der Waals surface area (Å²) in [5.74, 6) is 2.41. The van der Waals surface area contributed by atoms with Crippen molar-refractivity contribution in [3.63, 3.8) is 0 Å². The molecule has 0 radical (unpaired) electrons. The van der Waals surface area contributed by atoms with E-state index in [4.69, 9.17) is 0 Å². The van der Waals surface area contributed by atoms with Crippen LogP contribution in [0.1, 0.15) is 62.5 Å². The lowest BCUT2D eigenvalue weighted by molar-refractivity contribution is 0.151.